The average Bonchev–Trinajstić information content (AvgIpc) is 2.71. The normalized spacial score (nSPS) is 12.1. The fourth-order valence-electron chi connectivity index (χ4n) is 1.02. The van der Waals surface area contributed by atoms with Crippen molar-refractivity contribution >= 4 is 46.6 Å². The lowest BCUT2D eigenvalue weighted by atomic mass is 10.3. The van der Waals surface area contributed by atoms with E-state index < -0.39 is 12.1 Å². The van der Waals surface area contributed by atoms with Gasteiger partial charge in [-0.15, -0.1) is 23.1 Å². The molecule has 1 rings (SSSR count). The van der Waals surface area contributed by atoms with Gasteiger partial charge in [0.05, 0.1) is 16.6 Å². The van der Waals surface area contributed by atoms with Crippen molar-refractivity contribution in [2.24, 2.45) is 0 Å². The maximum Gasteiger partial charge on any atom is 0.334 e. The van der Waals surface area contributed by atoms with E-state index in [1.165, 1.54) is 23.1 Å². The van der Waals surface area contributed by atoms with Crippen molar-refractivity contribution in [3.05, 3.63) is 21.3 Å². The lowest BCUT2D eigenvalue weighted by molar-refractivity contribution is -0.146. The van der Waals surface area contributed by atoms with Crippen LogP contribution in [-0.4, -0.2) is 40.5 Å². The summed E-state index contributed by atoms with van der Waals surface area (Å²) in [6.45, 7) is -0.278. The van der Waals surface area contributed by atoms with Crippen molar-refractivity contribution in [3.63, 3.8) is 0 Å². The molecule has 1 heterocycles. The van der Waals surface area contributed by atoms with Crippen molar-refractivity contribution in [1.82, 2.24) is 5.32 Å². The molecule has 0 aliphatic rings. The van der Waals surface area contributed by atoms with Crippen LogP contribution in [0.5, 0.6) is 0 Å². The van der Waals surface area contributed by atoms with E-state index in [-0.39, 0.29) is 18.2 Å². The van der Waals surface area contributed by atoms with E-state index in [0.29, 0.717) is 10.1 Å². The SMILES string of the molecule is O=C(CSCc1ccc(Cl)s1)NC[C@H](O)C(=O)O. The molecule has 18 heavy (non-hydrogen) atoms. The van der Waals surface area contributed by atoms with Gasteiger partial charge in [0.25, 0.3) is 0 Å². The summed E-state index contributed by atoms with van der Waals surface area (Å²) >= 11 is 8.62. The van der Waals surface area contributed by atoms with Crippen molar-refractivity contribution < 1.29 is 19.8 Å². The minimum absolute atomic E-state index is 0.210. The molecule has 5 nitrogen and oxygen atoms in total. The van der Waals surface area contributed by atoms with Gasteiger partial charge in [-0.1, -0.05) is 11.6 Å². The number of carboxylic acids is 1. The first-order chi connectivity index (χ1) is 8.49. The Morgan fingerprint density at radius 2 is 2.22 bits per heavy atom. The first-order valence-corrected chi connectivity index (χ1v) is 7.33. The summed E-state index contributed by atoms with van der Waals surface area (Å²) in [6.07, 6.45) is -1.56. The van der Waals surface area contributed by atoms with Crippen LogP contribution in [0.25, 0.3) is 0 Å². The number of halogens is 1. The van der Waals surface area contributed by atoms with Gasteiger partial charge in [0, 0.05) is 10.6 Å². The number of thiophene rings is 1. The molecule has 1 amide bonds. The quantitative estimate of drug-likeness (QED) is 0.704. The van der Waals surface area contributed by atoms with Crippen LogP contribution in [0.2, 0.25) is 4.34 Å². The Morgan fingerprint density at radius 1 is 1.50 bits per heavy atom. The number of rotatable bonds is 7. The highest BCUT2D eigenvalue weighted by Crippen LogP contribution is 2.24. The zero-order chi connectivity index (χ0) is 13.5. The van der Waals surface area contributed by atoms with Gasteiger partial charge in [-0.2, -0.15) is 0 Å². The molecule has 0 aliphatic heterocycles. The van der Waals surface area contributed by atoms with Gasteiger partial charge in [-0.05, 0) is 12.1 Å². The molecule has 0 aromatic carbocycles. The van der Waals surface area contributed by atoms with Gasteiger partial charge in [0.2, 0.25) is 5.91 Å². The molecule has 0 radical (unpaired) electrons. The molecule has 1 aromatic heterocycles. The summed E-state index contributed by atoms with van der Waals surface area (Å²) < 4.78 is 0.708. The number of carbonyl (C=O) groups excluding carboxylic acids is 1. The van der Waals surface area contributed by atoms with Crippen molar-refractivity contribution in [2.45, 2.75) is 11.9 Å². The molecule has 1 aromatic rings. The molecular weight excluding hydrogens is 298 g/mol. The molecule has 0 saturated heterocycles. The summed E-state index contributed by atoms with van der Waals surface area (Å²) in [5.74, 6) is -0.770. The third kappa shape index (κ3) is 5.72. The standard InChI is InChI=1S/C10H12ClNO4S2/c11-8-2-1-6(18-8)4-17-5-9(14)12-3-7(13)10(15)16/h1-2,7,13H,3-5H2,(H,12,14)(H,15,16)/t7-/m0/s1. The molecule has 8 heteroatoms. The lowest BCUT2D eigenvalue weighted by Crippen LogP contribution is -2.37. The molecule has 1 atom stereocenters. The van der Waals surface area contributed by atoms with Gasteiger partial charge in [-0.3, -0.25) is 4.79 Å². The molecule has 0 aliphatic carbocycles. The third-order valence-electron chi connectivity index (χ3n) is 1.88. The first-order valence-electron chi connectivity index (χ1n) is 4.98. The molecule has 0 bridgehead atoms. The van der Waals surface area contributed by atoms with Crippen molar-refractivity contribution in [3.8, 4) is 0 Å². The van der Waals surface area contributed by atoms with Gasteiger partial charge in [0.1, 0.15) is 0 Å². The van der Waals surface area contributed by atoms with Crippen LogP contribution in [0.1, 0.15) is 4.88 Å². The van der Waals surface area contributed by atoms with Crippen molar-refractivity contribution in [2.75, 3.05) is 12.3 Å². The van der Waals surface area contributed by atoms with E-state index in [9.17, 15) is 9.59 Å². The van der Waals surface area contributed by atoms with E-state index in [0.717, 1.165) is 4.88 Å². The third-order valence-corrected chi connectivity index (χ3v) is 4.28. The Hall–Kier alpha value is -0.760. The predicted molar refractivity (Wildman–Crippen MR) is 72.1 cm³/mol. The number of hydrogen-bond donors (Lipinski definition) is 3. The van der Waals surface area contributed by atoms with Crippen LogP contribution in [-0.2, 0) is 15.3 Å². The Bertz CT molecular complexity index is 424. The summed E-state index contributed by atoms with van der Waals surface area (Å²) in [5.41, 5.74) is 0. The summed E-state index contributed by atoms with van der Waals surface area (Å²) in [4.78, 5) is 22.7. The lowest BCUT2D eigenvalue weighted by Gasteiger charge is -2.07. The molecular formula is C10H12ClNO4S2. The second kappa shape index (κ2) is 7.63. The number of nitrogens with one attached hydrogen (secondary N) is 1. The molecule has 0 unspecified atom stereocenters. The largest absolute Gasteiger partial charge is 0.479 e. The van der Waals surface area contributed by atoms with E-state index >= 15 is 0 Å². The maximum absolute atomic E-state index is 11.3. The monoisotopic (exact) mass is 309 g/mol. The van der Waals surface area contributed by atoms with Crippen LogP contribution in [0.15, 0.2) is 12.1 Å². The van der Waals surface area contributed by atoms with Crippen LogP contribution in [0.3, 0.4) is 0 Å². The zero-order valence-corrected chi connectivity index (χ0v) is 11.6. The van der Waals surface area contributed by atoms with Gasteiger partial charge in [-0.25, -0.2) is 4.79 Å². The van der Waals surface area contributed by atoms with Gasteiger partial charge >= 0.3 is 5.97 Å². The number of carbonyl (C=O) groups is 2. The topological polar surface area (TPSA) is 86.6 Å². The highest BCUT2D eigenvalue weighted by molar-refractivity contribution is 7.99. The molecule has 3 N–H and O–H groups in total. The summed E-state index contributed by atoms with van der Waals surface area (Å²) in [5, 5.41) is 19.7. The van der Waals surface area contributed by atoms with Crippen LogP contribution < -0.4 is 5.32 Å². The number of aliphatic carboxylic acids is 1. The predicted octanol–water partition coefficient (Wildman–Crippen LogP) is 1.20. The smallest absolute Gasteiger partial charge is 0.334 e. The second-order valence-electron chi connectivity index (χ2n) is 3.36. The molecule has 100 valence electrons. The average molecular weight is 310 g/mol. The van der Waals surface area contributed by atoms with E-state index in [4.69, 9.17) is 21.8 Å². The van der Waals surface area contributed by atoms with E-state index in [1.54, 1.807) is 6.07 Å². The molecule has 0 spiro atoms. The highest BCUT2D eigenvalue weighted by Gasteiger charge is 2.13. The number of aliphatic hydroxyl groups excluding tert-OH is 1. The Balaban J connectivity index is 2.15. The van der Waals surface area contributed by atoms with Gasteiger partial charge < -0.3 is 15.5 Å². The van der Waals surface area contributed by atoms with Gasteiger partial charge in [0.15, 0.2) is 6.10 Å². The minimum Gasteiger partial charge on any atom is -0.479 e. The highest BCUT2D eigenvalue weighted by atomic mass is 35.5. The number of hydrogen-bond acceptors (Lipinski definition) is 5. The fourth-order valence-corrected chi connectivity index (χ4v) is 3.08. The number of amides is 1. The number of aliphatic hydroxyl groups is 1. The molecule has 0 saturated carbocycles. The minimum atomic E-state index is -1.56. The summed E-state index contributed by atoms with van der Waals surface area (Å²) in [6, 6.07) is 3.69. The zero-order valence-electron chi connectivity index (χ0n) is 9.26. The van der Waals surface area contributed by atoms with Crippen molar-refractivity contribution in [1.29, 1.82) is 0 Å². The Kier molecular flexibility index (Phi) is 6.48. The fraction of sp³-hybridized carbons (Fsp3) is 0.400. The van der Waals surface area contributed by atoms with Crippen LogP contribution in [0.4, 0.5) is 0 Å². The van der Waals surface area contributed by atoms with Crippen LogP contribution in [0, 0.1) is 0 Å². The van der Waals surface area contributed by atoms with Crippen LogP contribution >= 0.6 is 34.7 Å². The maximum atomic E-state index is 11.3. The Labute approximate surface area is 117 Å². The first kappa shape index (κ1) is 15.3. The van der Waals surface area contributed by atoms with E-state index in [2.05, 4.69) is 5.32 Å². The Morgan fingerprint density at radius 3 is 2.78 bits per heavy atom. The number of thioether (sulfide) groups is 1. The van der Waals surface area contributed by atoms with E-state index in [1.807, 2.05) is 6.07 Å². The number of carboxylic acid groups (broad SMARTS) is 1. The second-order valence-corrected chi connectivity index (χ2v) is 6.14. The molecule has 0 fully saturated rings. The summed E-state index contributed by atoms with van der Waals surface area (Å²) in [7, 11) is 0.